The third-order valence-corrected chi connectivity index (χ3v) is 5.86. The van der Waals surface area contributed by atoms with Crippen LogP contribution in [0.25, 0.3) is 0 Å². The summed E-state index contributed by atoms with van der Waals surface area (Å²) >= 11 is 0. The second-order valence-electron chi connectivity index (χ2n) is 8.68. The van der Waals surface area contributed by atoms with Crippen LogP contribution in [0.3, 0.4) is 0 Å². The van der Waals surface area contributed by atoms with E-state index in [-0.39, 0.29) is 12.0 Å². The minimum absolute atomic E-state index is 0.121. The summed E-state index contributed by atoms with van der Waals surface area (Å²) in [6.07, 6.45) is -1.23. The van der Waals surface area contributed by atoms with Crippen LogP contribution in [-0.4, -0.2) is 29.8 Å². The zero-order valence-corrected chi connectivity index (χ0v) is 20.7. The van der Waals surface area contributed by atoms with Gasteiger partial charge in [-0.15, -0.1) is 0 Å². The molecular weight excluding hydrogens is 492 g/mol. The highest BCUT2D eigenvalue weighted by Crippen LogP contribution is 2.37. The summed E-state index contributed by atoms with van der Waals surface area (Å²) in [5.41, 5.74) is 1.21. The van der Waals surface area contributed by atoms with E-state index in [2.05, 4.69) is 22.6 Å². The number of rotatable bonds is 6. The second-order valence-corrected chi connectivity index (χ2v) is 8.68. The Kier molecular flexibility index (Phi) is 8.02. The number of anilines is 1. The first-order valence-electron chi connectivity index (χ1n) is 11.9. The Morgan fingerprint density at radius 2 is 1.68 bits per heavy atom. The van der Waals surface area contributed by atoms with Crippen molar-refractivity contribution in [3.63, 3.8) is 0 Å². The molecule has 0 aromatic heterocycles. The Balaban J connectivity index is 1.57. The molecule has 3 amide bonds. The molecule has 7 nitrogen and oxygen atoms in total. The fourth-order valence-corrected chi connectivity index (χ4v) is 4.14. The lowest BCUT2D eigenvalue weighted by atomic mass is 10.0. The maximum absolute atomic E-state index is 13.7. The number of carbonyl (C=O) groups excluding carboxylic acids is 3. The number of nitrogens with one attached hydrogen (secondary N) is 2. The van der Waals surface area contributed by atoms with Gasteiger partial charge in [0.15, 0.2) is 12.1 Å². The molecule has 4 rings (SSSR count). The summed E-state index contributed by atoms with van der Waals surface area (Å²) in [6, 6.07) is 19.2. The molecule has 194 valence electrons. The van der Waals surface area contributed by atoms with E-state index >= 15 is 0 Å². The number of hydrogen-bond donors (Lipinski definition) is 2. The van der Waals surface area contributed by atoms with E-state index in [0.717, 1.165) is 12.1 Å². The van der Waals surface area contributed by atoms with E-state index < -0.39 is 47.5 Å². The molecule has 3 aromatic carbocycles. The normalized spacial score (nSPS) is 17.2. The first kappa shape index (κ1) is 26.4. The van der Waals surface area contributed by atoms with Crippen molar-refractivity contribution >= 4 is 23.4 Å². The van der Waals surface area contributed by atoms with Crippen LogP contribution < -0.4 is 20.3 Å². The van der Waals surface area contributed by atoms with Crippen molar-refractivity contribution in [1.29, 1.82) is 0 Å². The lowest BCUT2D eigenvalue weighted by Crippen LogP contribution is -2.55. The van der Waals surface area contributed by atoms with Crippen molar-refractivity contribution < 1.29 is 27.9 Å². The minimum atomic E-state index is -1.19. The van der Waals surface area contributed by atoms with Crippen molar-refractivity contribution in [2.24, 2.45) is 0 Å². The average molecular weight is 518 g/mol. The summed E-state index contributed by atoms with van der Waals surface area (Å²) < 4.78 is 33.2. The Hall–Kier alpha value is -4.71. The molecule has 3 aromatic rings. The second kappa shape index (κ2) is 11.6. The van der Waals surface area contributed by atoms with Crippen molar-refractivity contribution in [2.45, 2.75) is 38.5 Å². The predicted molar refractivity (Wildman–Crippen MR) is 137 cm³/mol. The molecule has 1 aliphatic rings. The molecular formula is C29H25F2N3O4. The zero-order chi connectivity index (χ0) is 27.2. The van der Waals surface area contributed by atoms with Crippen molar-refractivity contribution in [3.8, 4) is 17.7 Å². The van der Waals surface area contributed by atoms with Gasteiger partial charge in [0.2, 0.25) is 11.8 Å². The van der Waals surface area contributed by atoms with Crippen LogP contribution in [0.15, 0.2) is 72.8 Å². The number of para-hydroxylation sites is 2. The van der Waals surface area contributed by atoms with Crippen LogP contribution in [0.1, 0.15) is 31.1 Å². The molecule has 1 heterocycles. The Morgan fingerprint density at radius 3 is 2.37 bits per heavy atom. The maximum atomic E-state index is 13.7. The maximum Gasteiger partial charge on any atom is 0.265 e. The van der Waals surface area contributed by atoms with E-state index in [9.17, 15) is 23.2 Å². The van der Waals surface area contributed by atoms with Gasteiger partial charge in [0.05, 0.1) is 12.1 Å². The van der Waals surface area contributed by atoms with Gasteiger partial charge >= 0.3 is 0 Å². The number of nitrogens with zero attached hydrogens (tertiary/aromatic N) is 1. The number of fused-ring (bicyclic) bond motifs is 1. The molecule has 0 unspecified atom stereocenters. The van der Waals surface area contributed by atoms with E-state index in [1.807, 2.05) is 6.07 Å². The number of benzene rings is 3. The summed E-state index contributed by atoms with van der Waals surface area (Å²) in [5.74, 6) is -0.262. The van der Waals surface area contributed by atoms with Crippen LogP contribution in [-0.2, 0) is 20.8 Å². The summed E-state index contributed by atoms with van der Waals surface area (Å²) in [7, 11) is 0. The fourth-order valence-electron chi connectivity index (χ4n) is 4.14. The number of hydrogen-bond acceptors (Lipinski definition) is 4. The Bertz CT molecular complexity index is 1400. The summed E-state index contributed by atoms with van der Waals surface area (Å²) in [4.78, 5) is 40.6. The highest BCUT2D eigenvalue weighted by molar-refractivity contribution is 6.04. The van der Waals surface area contributed by atoms with Crippen LogP contribution in [0, 0.1) is 23.6 Å². The SMILES string of the molecule is CC#CN1C(=O)[C@@H](NC(=O)[C@H](C)NC(=O)Cc2cc(F)cc(F)c2)[C@@H](c2ccccc2)Oc2ccccc21. The van der Waals surface area contributed by atoms with Gasteiger partial charge in [-0.3, -0.25) is 14.4 Å². The first-order valence-corrected chi connectivity index (χ1v) is 11.9. The molecule has 38 heavy (non-hydrogen) atoms. The molecule has 3 atom stereocenters. The molecule has 0 saturated carbocycles. The highest BCUT2D eigenvalue weighted by atomic mass is 19.1. The van der Waals surface area contributed by atoms with Gasteiger partial charge in [0.25, 0.3) is 5.91 Å². The van der Waals surface area contributed by atoms with Gasteiger partial charge in [-0.1, -0.05) is 48.4 Å². The Labute approximate surface area is 218 Å². The fraction of sp³-hybridized carbons (Fsp3) is 0.207. The van der Waals surface area contributed by atoms with Crippen LogP contribution in [0.5, 0.6) is 5.75 Å². The van der Waals surface area contributed by atoms with E-state index in [4.69, 9.17) is 4.74 Å². The molecule has 0 saturated heterocycles. The zero-order valence-electron chi connectivity index (χ0n) is 20.7. The smallest absolute Gasteiger partial charge is 0.265 e. The summed E-state index contributed by atoms with van der Waals surface area (Å²) in [6.45, 7) is 3.03. The minimum Gasteiger partial charge on any atom is -0.481 e. The van der Waals surface area contributed by atoms with Crippen molar-refractivity contribution in [1.82, 2.24) is 10.6 Å². The van der Waals surface area contributed by atoms with Crippen LogP contribution in [0.4, 0.5) is 14.5 Å². The first-order chi connectivity index (χ1) is 18.3. The number of halogens is 2. The largest absolute Gasteiger partial charge is 0.481 e. The molecule has 1 aliphatic heterocycles. The summed E-state index contributed by atoms with van der Waals surface area (Å²) in [5, 5.41) is 5.22. The molecule has 0 spiro atoms. The standard InChI is InChI=1S/C29H25F2N3O4/c1-3-13-34-23-11-7-8-12-24(23)38-27(20-9-5-4-6-10-20)26(29(34)37)33-28(36)18(2)32-25(35)16-19-14-21(30)17-22(31)15-19/h4-12,14-15,17-18,26-27H,16H2,1-2H3,(H,32,35)(H,33,36)/t18-,26-,27+/m0/s1. The van der Waals surface area contributed by atoms with Gasteiger partial charge < -0.3 is 15.4 Å². The quantitative estimate of drug-likeness (QED) is 0.489. The molecule has 9 heteroatoms. The number of carbonyl (C=O) groups is 3. The van der Waals surface area contributed by atoms with Gasteiger partial charge in [-0.2, -0.15) is 0 Å². The molecule has 2 N–H and O–H groups in total. The van der Waals surface area contributed by atoms with Crippen LogP contribution in [0.2, 0.25) is 0 Å². The van der Waals surface area contributed by atoms with Crippen molar-refractivity contribution in [3.05, 3.63) is 95.6 Å². The van der Waals surface area contributed by atoms with Gasteiger partial charge in [-0.25, -0.2) is 13.7 Å². The van der Waals surface area contributed by atoms with Gasteiger partial charge in [-0.05, 0) is 49.2 Å². The van der Waals surface area contributed by atoms with E-state index in [1.165, 1.54) is 11.8 Å². The van der Waals surface area contributed by atoms with Gasteiger partial charge in [0.1, 0.15) is 23.4 Å². The topological polar surface area (TPSA) is 87.7 Å². The molecule has 0 radical (unpaired) electrons. The molecule has 0 aliphatic carbocycles. The predicted octanol–water partition coefficient (Wildman–Crippen LogP) is 3.64. The van der Waals surface area contributed by atoms with Crippen molar-refractivity contribution in [2.75, 3.05) is 4.90 Å². The molecule has 0 bridgehead atoms. The molecule has 0 fully saturated rings. The number of amides is 3. The lowest BCUT2D eigenvalue weighted by Gasteiger charge is -2.27. The van der Waals surface area contributed by atoms with Crippen LogP contribution >= 0.6 is 0 Å². The van der Waals surface area contributed by atoms with Gasteiger partial charge in [0, 0.05) is 12.1 Å². The number of ether oxygens (including phenoxy) is 1. The monoisotopic (exact) mass is 517 g/mol. The van der Waals surface area contributed by atoms with E-state index in [1.54, 1.807) is 55.5 Å². The third kappa shape index (κ3) is 5.98. The highest BCUT2D eigenvalue weighted by Gasteiger charge is 2.40. The third-order valence-electron chi connectivity index (χ3n) is 5.86. The Morgan fingerprint density at radius 1 is 1.03 bits per heavy atom. The lowest BCUT2D eigenvalue weighted by molar-refractivity contribution is -0.132. The average Bonchev–Trinajstić information content (AvgIpc) is 2.99. The van der Waals surface area contributed by atoms with E-state index in [0.29, 0.717) is 23.1 Å².